The molecule has 0 radical (unpaired) electrons. The first-order valence-corrected chi connectivity index (χ1v) is 7.00. The van der Waals surface area contributed by atoms with Gasteiger partial charge in [0.2, 0.25) is 5.91 Å². The lowest BCUT2D eigenvalue weighted by atomic mass is 10.1. The Labute approximate surface area is 124 Å². The number of carboxylic acids is 2. The van der Waals surface area contributed by atoms with Crippen molar-refractivity contribution in [2.24, 2.45) is 0 Å². The number of carbonyl (C=O) groups excluding carboxylic acids is 1. The molecule has 0 aliphatic carbocycles. The molecule has 1 aromatic rings. The lowest BCUT2D eigenvalue weighted by Crippen LogP contribution is -2.41. The van der Waals surface area contributed by atoms with Gasteiger partial charge in [-0.25, -0.2) is 9.18 Å². The van der Waals surface area contributed by atoms with Crippen molar-refractivity contribution in [2.75, 3.05) is 5.75 Å². The van der Waals surface area contributed by atoms with Crippen LogP contribution in [0.2, 0.25) is 0 Å². The Hall–Kier alpha value is -2.09. The van der Waals surface area contributed by atoms with Gasteiger partial charge in [-0.1, -0.05) is 12.1 Å². The van der Waals surface area contributed by atoms with Gasteiger partial charge in [-0.3, -0.25) is 9.59 Å². The second kappa shape index (κ2) is 8.25. The maximum atomic E-state index is 13.3. The van der Waals surface area contributed by atoms with Crippen LogP contribution in [-0.4, -0.2) is 39.9 Å². The number of halogens is 1. The number of amides is 1. The molecule has 0 aliphatic rings. The van der Waals surface area contributed by atoms with Crippen LogP contribution in [0.25, 0.3) is 0 Å². The molecule has 1 atom stereocenters. The molecule has 0 aliphatic heterocycles. The summed E-state index contributed by atoms with van der Waals surface area (Å²) in [5, 5.41) is 19.6. The normalized spacial score (nSPS) is 11.7. The topological polar surface area (TPSA) is 104 Å². The van der Waals surface area contributed by atoms with Gasteiger partial charge in [-0.05, 0) is 18.6 Å². The van der Waals surface area contributed by atoms with E-state index in [9.17, 15) is 18.8 Å². The molecule has 3 N–H and O–H groups in total. The van der Waals surface area contributed by atoms with Crippen LogP contribution in [0.4, 0.5) is 4.39 Å². The highest BCUT2D eigenvalue weighted by atomic mass is 32.2. The first-order valence-electron chi connectivity index (χ1n) is 6.01. The van der Waals surface area contributed by atoms with Crippen molar-refractivity contribution in [2.45, 2.75) is 23.8 Å². The summed E-state index contributed by atoms with van der Waals surface area (Å²) < 4.78 is 13.3. The zero-order valence-corrected chi connectivity index (χ0v) is 11.7. The number of nitrogens with one attached hydrogen (secondary N) is 1. The maximum absolute atomic E-state index is 13.3. The van der Waals surface area contributed by atoms with E-state index < -0.39 is 29.7 Å². The third-order valence-corrected chi connectivity index (χ3v) is 3.52. The Morgan fingerprint density at radius 3 is 2.48 bits per heavy atom. The van der Waals surface area contributed by atoms with Gasteiger partial charge in [-0.2, -0.15) is 0 Å². The fourth-order valence-corrected chi connectivity index (χ4v) is 2.22. The summed E-state index contributed by atoms with van der Waals surface area (Å²) in [4.78, 5) is 33.2. The van der Waals surface area contributed by atoms with Crippen LogP contribution >= 0.6 is 11.8 Å². The molecule has 0 aromatic heterocycles. The second-order valence-electron chi connectivity index (χ2n) is 4.11. The number of carbonyl (C=O) groups is 3. The zero-order chi connectivity index (χ0) is 15.8. The summed E-state index contributed by atoms with van der Waals surface area (Å²) in [7, 11) is 0. The largest absolute Gasteiger partial charge is 0.481 e. The van der Waals surface area contributed by atoms with E-state index in [1.807, 2.05) is 0 Å². The van der Waals surface area contributed by atoms with Crippen molar-refractivity contribution in [3.63, 3.8) is 0 Å². The lowest BCUT2D eigenvalue weighted by Gasteiger charge is -2.13. The molecule has 114 valence electrons. The van der Waals surface area contributed by atoms with E-state index in [2.05, 4.69) is 5.32 Å². The van der Waals surface area contributed by atoms with Crippen LogP contribution < -0.4 is 5.32 Å². The SMILES string of the molecule is O=C(O)CCC(NC(=O)CSc1ccccc1F)C(=O)O. The van der Waals surface area contributed by atoms with Crippen LogP contribution in [0.5, 0.6) is 0 Å². The van der Waals surface area contributed by atoms with Crippen molar-refractivity contribution in [3.8, 4) is 0 Å². The van der Waals surface area contributed by atoms with E-state index >= 15 is 0 Å². The highest BCUT2D eigenvalue weighted by molar-refractivity contribution is 8.00. The number of hydrogen-bond acceptors (Lipinski definition) is 4. The zero-order valence-electron chi connectivity index (χ0n) is 10.9. The Morgan fingerprint density at radius 1 is 1.24 bits per heavy atom. The van der Waals surface area contributed by atoms with E-state index in [1.165, 1.54) is 18.2 Å². The molecular weight excluding hydrogens is 301 g/mol. The van der Waals surface area contributed by atoms with Crippen LogP contribution in [0, 0.1) is 5.82 Å². The van der Waals surface area contributed by atoms with Gasteiger partial charge < -0.3 is 15.5 Å². The van der Waals surface area contributed by atoms with Crippen molar-refractivity contribution >= 4 is 29.6 Å². The summed E-state index contributed by atoms with van der Waals surface area (Å²) in [6.45, 7) is 0. The standard InChI is InChI=1S/C13H14FNO5S/c14-8-3-1-2-4-10(8)21-7-11(16)15-9(13(19)20)5-6-12(17)18/h1-4,9H,5-7H2,(H,15,16)(H,17,18)(H,19,20). The smallest absolute Gasteiger partial charge is 0.326 e. The fraction of sp³-hybridized carbons (Fsp3) is 0.308. The minimum absolute atomic E-state index is 0.155. The monoisotopic (exact) mass is 315 g/mol. The molecule has 1 aromatic carbocycles. The maximum Gasteiger partial charge on any atom is 0.326 e. The Balaban J connectivity index is 2.49. The highest BCUT2D eigenvalue weighted by Gasteiger charge is 2.21. The molecule has 1 amide bonds. The summed E-state index contributed by atoms with van der Waals surface area (Å²) in [6.07, 6.45) is -0.571. The highest BCUT2D eigenvalue weighted by Crippen LogP contribution is 2.20. The van der Waals surface area contributed by atoms with E-state index in [4.69, 9.17) is 10.2 Å². The van der Waals surface area contributed by atoms with Crippen molar-refractivity contribution in [3.05, 3.63) is 30.1 Å². The Kier molecular flexibility index (Phi) is 6.67. The van der Waals surface area contributed by atoms with Crippen molar-refractivity contribution < 1.29 is 29.0 Å². The lowest BCUT2D eigenvalue weighted by molar-refractivity contribution is -0.142. The van der Waals surface area contributed by atoms with Gasteiger partial charge in [0.15, 0.2) is 0 Å². The van der Waals surface area contributed by atoms with Crippen LogP contribution in [0.1, 0.15) is 12.8 Å². The second-order valence-corrected chi connectivity index (χ2v) is 5.13. The van der Waals surface area contributed by atoms with Crippen LogP contribution in [0.15, 0.2) is 29.2 Å². The average molecular weight is 315 g/mol. The molecule has 8 heteroatoms. The minimum atomic E-state index is -1.31. The van der Waals surface area contributed by atoms with Gasteiger partial charge in [0.1, 0.15) is 11.9 Å². The van der Waals surface area contributed by atoms with Crippen molar-refractivity contribution in [1.29, 1.82) is 0 Å². The fourth-order valence-electron chi connectivity index (χ4n) is 1.47. The van der Waals surface area contributed by atoms with E-state index in [1.54, 1.807) is 6.07 Å². The van der Waals surface area contributed by atoms with Gasteiger partial charge >= 0.3 is 11.9 Å². The Bertz CT molecular complexity index is 537. The van der Waals surface area contributed by atoms with Gasteiger partial charge in [-0.15, -0.1) is 11.8 Å². The molecule has 0 saturated heterocycles. The van der Waals surface area contributed by atoms with Gasteiger partial charge in [0.05, 0.1) is 5.75 Å². The predicted molar refractivity (Wildman–Crippen MR) is 73.6 cm³/mol. The first kappa shape index (κ1) is 17.0. The van der Waals surface area contributed by atoms with Crippen LogP contribution in [0.3, 0.4) is 0 Å². The van der Waals surface area contributed by atoms with Crippen LogP contribution in [-0.2, 0) is 14.4 Å². The molecule has 1 unspecified atom stereocenters. The number of rotatable bonds is 8. The molecule has 21 heavy (non-hydrogen) atoms. The average Bonchev–Trinajstić information content (AvgIpc) is 2.42. The molecule has 0 spiro atoms. The summed E-state index contributed by atoms with van der Waals surface area (Å²) >= 11 is 0.937. The van der Waals surface area contributed by atoms with Gasteiger partial charge in [0.25, 0.3) is 0 Å². The summed E-state index contributed by atoms with van der Waals surface area (Å²) in [5.41, 5.74) is 0. The number of carboxylic acid groups (broad SMARTS) is 2. The molecule has 1 rings (SSSR count). The quantitative estimate of drug-likeness (QED) is 0.626. The predicted octanol–water partition coefficient (Wildman–Crippen LogP) is 1.35. The van der Waals surface area contributed by atoms with E-state index in [0.29, 0.717) is 0 Å². The molecular formula is C13H14FNO5S. The third-order valence-electron chi connectivity index (χ3n) is 2.48. The first-order chi connectivity index (χ1) is 9.90. The molecule has 6 nitrogen and oxygen atoms in total. The van der Waals surface area contributed by atoms with Gasteiger partial charge in [0, 0.05) is 11.3 Å². The van der Waals surface area contributed by atoms with Crippen molar-refractivity contribution in [1.82, 2.24) is 5.32 Å². The van der Waals surface area contributed by atoms with E-state index in [0.717, 1.165) is 11.8 Å². The number of benzene rings is 1. The number of hydrogen-bond donors (Lipinski definition) is 3. The molecule has 0 bridgehead atoms. The molecule has 0 saturated carbocycles. The Morgan fingerprint density at radius 2 is 1.90 bits per heavy atom. The molecule has 0 fully saturated rings. The summed E-state index contributed by atoms with van der Waals surface area (Å²) in [5.74, 6) is -3.66. The number of aliphatic carboxylic acids is 2. The minimum Gasteiger partial charge on any atom is -0.481 e. The third kappa shape index (κ3) is 6.26. The summed E-state index contributed by atoms with van der Waals surface area (Å²) in [6, 6.07) is 4.64. The molecule has 0 heterocycles. The van der Waals surface area contributed by atoms with E-state index in [-0.39, 0.29) is 23.5 Å². The number of thioether (sulfide) groups is 1.